The maximum absolute atomic E-state index is 14.5. The molecule has 0 aliphatic carbocycles. The number of amidine groups is 1. The number of fused-ring (bicyclic) bond motifs is 1. The van der Waals surface area contributed by atoms with Crippen molar-refractivity contribution in [2.75, 3.05) is 51.0 Å². The second-order valence-corrected chi connectivity index (χ2v) is 8.98. The van der Waals surface area contributed by atoms with Crippen LogP contribution in [0.3, 0.4) is 0 Å². The molecule has 0 spiro atoms. The van der Waals surface area contributed by atoms with Crippen LogP contribution in [0.25, 0.3) is 0 Å². The monoisotopic (exact) mass is 582 g/mol. The summed E-state index contributed by atoms with van der Waals surface area (Å²) in [5, 5.41) is 2.24. The summed E-state index contributed by atoms with van der Waals surface area (Å²) in [4.78, 5) is 17.6. The third kappa shape index (κ3) is 6.49. The summed E-state index contributed by atoms with van der Waals surface area (Å²) >= 11 is 0. The van der Waals surface area contributed by atoms with Crippen LogP contribution >= 0.6 is 0 Å². The quantitative estimate of drug-likeness (QED) is 0.446. The number of carbonyl (C=O) groups is 1. The Labute approximate surface area is 273 Å². The van der Waals surface area contributed by atoms with E-state index in [-0.39, 0.29) is 10.5 Å². The van der Waals surface area contributed by atoms with Crippen LogP contribution in [0.1, 0.15) is 83.9 Å². The number of benzene rings is 3. The first kappa shape index (κ1) is 11.2. The number of likely N-dealkylation sites (N-methyl/N-ethyl adjacent to an activating group) is 1. The Morgan fingerprint density at radius 2 is 1.88 bits per heavy atom. The van der Waals surface area contributed by atoms with E-state index in [0.29, 0.717) is 12.1 Å². The van der Waals surface area contributed by atoms with Crippen molar-refractivity contribution in [2.45, 2.75) is 32.2 Å². The van der Waals surface area contributed by atoms with Gasteiger partial charge in [-0.25, -0.2) is 8.78 Å². The van der Waals surface area contributed by atoms with Crippen molar-refractivity contribution in [3.8, 4) is 0 Å². The van der Waals surface area contributed by atoms with Crippen molar-refractivity contribution in [1.82, 2.24) is 10.2 Å². The molecule has 3 aromatic rings. The number of nitrogens with zero attached hydrogens (tertiary/aromatic N) is 3. The van der Waals surface area contributed by atoms with Crippen molar-refractivity contribution in [3.05, 3.63) is 99.4 Å². The Morgan fingerprint density at radius 1 is 1.10 bits per heavy atom. The van der Waals surface area contributed by atoms with Crippen LogP contribution < -0.4 is 10.2 Å². The molecule has 0 saturated carbocycles. The first-order valence-corrected chi connectivity index (χ1v) is 12.2. The topological polar surface area (TPSA) is 57.2 Å². The van der Waals surface area contributed by atoms with Gasteiger partial charge in [-0.2, -0.15) is 0 Å². The minimum atomic E-state index is -4.02. The highest BCUT2D eigenvalue weighted by molar-refractivity contribution is 6.14. The standard InChI is InChI=1S/C33H36F2N4O2/c1-38-8-10-39(11-9-38)29-4-5-30(26(19-29)15-22-6-12-41-13-7-22)33(40)37-32-31-18-23(2-3-25(31)21-36-32)14-24-16-27(34)20-28(35)17-24/h2-5,16-20,22H,6-15,21H2,1H3,(H,36,37,40)/i1D3,2D,3D,4D,5D,8D2,9D2,10D2,11D2,12D2,13D2,14D2,18D,19D,20D. The molecule has 2 fully saturated rings. The van der Waals surface area contributed by atoms with Gasteiger partial charge >= 0.3 is 0 Å². The first-order chi connectivity index (χ1) is 29.3. The van der Waals surface area contributed by atoms with Crippen LogP contribution in [0.2, 0.25) is 0 Å². The Kier molecular flexibility index (Phi) is 3.31. The molecule has 3 heterocycles. The predicted molar refractivity (Wildman–Crippen MR) is 157 cm³/mol. The zero-order valence-electron chi connectivity index (χ0n) is 45.0. The van der Waals surface area contributed by atoms with E-state index in [1.165, 1.54) is 0 Å². The Balaban J connectivity index is 1.55. The lowest BCUT2D eigenvalue weighted by molar-refractivity contribution is 0.0664. The number of amides is 1. The van der Waals surface area contributed by atoms with Crippen molar-refractivity contribution in [3.63, 3.8) is 0 Å². The average molecular weight is 583 g/mol. The van der Waals surface area contributed by atoms with E-state index in [1.807, 2.05) is 0 Å². The fourth-order valence-corrected chi connectivity index (χ4v) is 4.18. The van der Waals surface area contributed by atoms with E-state index in [2.05, 4.69) is 10.3 Å². The number of anilines is 1. The molecule has 214 valence electrons. The highest BCUT2D eigenvalue weighted by atomic mass is 19.1. The fourth-order valence-electron chi connectivity index (χ4n) is 4.18. The van der Waals surface area contributed by atoms with Gasteiger partial charge in [-0.1, -0.05) is 12.1 Å². The molecular weight excluding hydrogens is 522 g/mol. The van der Waals surface area contributed by atoms with E-state index in [4.69, 9.17) is 36.3 Å². The molecule has 8 heteroatoms. The largest absolute Gasteiger partial charge is 0.381 e. The van der Waals surface area contributed by atoms with Crippen molar-refractivity contribution < 1.29 is 51.2 Å². The van der Waals surface area contributed by atoms with Crippen LogP contribution in [0.4, 0.5) is 14.5 Å². The zero-order valence-corrected chi connectivity index (χ0v) is 21.0. The molecule has 41 heavy (non-hydrogen) atoms. The molecule has 0 atom stereocenters. The predicted octanol–water partition coefficient (Wildman–Crippen LogP) is 4.97. The van der Waals surface area contributed by atoms with Gasteiger partial charge in [-0.05, 0) is 97.1 Å². The highest BCUT2D eigenvalue weighted by Crippen LogP contribution is 2.28. The molecule has 3 aliphatic heterocycles. The lowest BCUT2D eigenvalue weighted by Crippen LogP contribution is -2.44. The third-order valence-electron chi connectivity index (χ3n) is 6.08. The summed E-state index contributed by atoms with van der Waals surface area (Å²) in [5.41, 5.74) is -5.58. The molecule has 6 nitrogen and oxygen atoms in total. The lowest BCUT2D eigenvalue weighted by atomic mass is 9.89. The fraction of sp³-hybridized carbons (Fsp3) is 0.394. The highest BCUT2D eigenvalue weighted by Gasteiger charge is 2.24. The van der Waals surface area contributed by atoms with Gasteiger partial charge in [0.05, 0.1) is 27.1 Å². The zero-order chi connectivity index (χ0) is 49.5. The summed E-state index contributed by atoms with van der Waals surface area (Å²) in [6.07, 6.45) is -5.24. The molecule has 3 aliphatic rings. The van der Waals surface area contributed by atoms with Gasteiger partial charge in [0.1, 0.15) is 17.5 Å². The molecule has 3 aromatic carbocycles. The molecular formula is C33H36F2N4O2. The molecule has 0 bridgehead atoms. The van der Waals surface area contributed by atoms with Gasteiger partial charge in [0.15, 0.2) is 0 Å². The van der Waals surface area contributed by atoms with Crippen LogP contribution in [-0.2, 0) is 24.1 Å². The number of rotatable bonds is 6. The van der Waals surface area contributed by atoms with Crippen molar-refractivity contribution in [1.29, 1.82) is 0 Å². The van der Waals surface area contributed by atoms with Crippen molar-refractivity contribution >= 4 is 17.4 Å². The smallest absolute Gasteiger partial charge is 0.257 e. The molecule has 0 aromatic heterocycles. The number of aliphatic imine (C=N–C) groups is 1. The Hall–Kier alpha value is -3.62. The number of carbonyl (C=O) groups excluding carboxylic acids is 1. The number of hydrogen-bond donors (Lipinski definition) is 1. The van der Waals surface area contributed by atoms with Crippen LogP contribution in [0.5, 0.6) is 0 Å². The average Bonchev–Trinajstić information content (AvgIpc) is 3.54. The van der Waals surface area contributed by atoms with Crippen molar-refractivity contribution in [2.24, 2.45) is 10.9 Å². The number of ether oxygens (including phenoxy) is 1. The molecule has 0 radical (unpaired) electrons. The molecule has 6 rings (SSSR count). The summed E-state index contributed by atoms with van der Waals surface area (Å²) in [5.74, 6) is -6.39. The molecule has 1 N–H and O–H groups in total. The van der Waals surface area contributed by atoms with Crippen LogP contribution in [0, 0.1) is 17.6 Å². The number of nitrogens with one attached hydrogen (secondary N) is 1. The van der Waals surface area contributed by atoms with E-state index in [9.17, 15) is 14.9 Å². The van der Waals surface area contributed by atoms with E-state index in [1.54, 1.807) is 0 Å². The Morgan fingerprint density at radius 3 is 2.63 bits per heavy atom. The lowest BCUT2D eigenvalue weighted by Gasteiger charge is -2.34. The summed E-state index contributed by atoms with van der Waals surface area (Å²) in [7, 11) is 0. The summed E-state index contributed by atoms with van der Waals surface area (Å²) in [6.45, 7) is -25.9. The number of halogens is 2. The minimum Gasteiger partial charge on any atom is -0.381 e. The number of hydrogen-bond acceptors (Lipinski definition) is 5. The summed E-state index contributed by atoms with van der Waals surface area (Å²) < 4.78 is 237. The van der Waals surface area contributed by atoms with Gasteiger partial charge in [-0.3, -0.25) is 9.79 Å². The second-order valence-electron chi connectivity index (χ2n) is 8.98. The van der Waals surface area contributed by atoms with Crippen LogP contribution in [0.15, 0.2) is 59.4 Å². The molecule has 0 unspecified atom stereocenters. The first-order valence-electron chi connectivity index (χ1n) is 24.2. The summed E-state index contributed by atoms with van der Waals surface area (Å²) in [6, 6.07) is -6.83. The molecule has 2 saturated heterocycles. The van der Waals surface area contributed by atoms with Gasteiger partial charge in [0, 0.05) is 74.3 Å². The minimum absolute atomic E-state index is 0.228. The van der Waals surface area contributed by atoms with Gasteiger partial charge in [-0.15, -0.1) is 0 Å². The Bertz CT molecular complexity index is 2480. The van der Waals surface area contributed by atoms with E-state index in [0.717, 1.165) is 0 Å². The number of piperazine rings is 1. The normalized spacial score (nSPS) is 34.4. The maximum Gasteiger partial charge on any atom is 0.257 e. The van der Waals surface area contributed by atoms with Gasteiger partial charge in [0.25, 0.3) is 5.91 Å². The van der Waals surface area contributed by atoms with E-state index >= 15 is 0 Å². The van der Waals surface area contributed by atoms with E-state index < -0.39 is 188 Å². The molecule has 1 amide bonds. The second kappa shape index (κ2) is 12.1. The third-order valence-corrected chi connectivity index (χ3v) is 6.08. The van der Waals surface area contributed by atoms with Gasteiger partial charge < -0.3 is 19.9 Å². The maximum atomic E-state index is 14.5. The van der Waals surface area contributed by atoms with Crippen LogP contribution in [-0.4, -0.2) is 62.7 Å². The van der Waals surface area contributed by atoms with Gasteiger partial charge in [0.2, 0.25) is 0 Å². The SMILES string of the molecule is [2H]c1c(F)cc(C([2H])([2H])c2c([2H])c([2H])c3c(c2[2H])C(NC(=O)c2c([2H])c([2H])c(N4C([2H])([2H])C([2H])([2H])N(C([2H])([2H])[2H])C([2H])([2H])C4([2H])[2H])c([2H])c2CC2CC([2H])([2H])OC([2H])([2H])C2)=NC3)cc1F.